The fourth-order valence-electron chi connectivity index (χ4n) is 12.6. The van der Waals surface area contributed by atoms with Gasteiger partial charge in [-0.2, -0.15) is 9.90 Å². The zero-order chi connectivity index (χ0) is 72.2. The quantitative estimate of drug-likeness (QED) is 0.0564. The van der Waals surface area contributed by atoms with Crippen LogP contribution in [0.1, 0.15) is 148 Å². The third kappa shape index (κ3) is 19.8. The second-order valence-corrected chi connectivity index (χ2v) is 41.7. The standard InChI is InChI=1S/C25H30N4O5.C20H22N4O3.C13H12BrN3O3.C12H19NO2.2BrH.H3P.Zn/c1-25(2,3)34-24(33)28-14-12-16(13-15-28)8-9-17-6-5-7-18-21(17)27(4)23(32)29(18)19-10-11-20(30)26-22(19)31;1-23-18-14(6-5-13-9-11-21-12-10-13)3-2-4-15(18)24(20(23)27)16-7-8-17(25)22-19(16)26;1-16-11-7(14)3-2-4-8(11)17(13(16)20)9-5-6-10(18)15-12(9)19;1-5-10-6-8-13(9-7-10)11(14)15-12(2,3)4;;;;/h5-7,16,19H,10-15H2,1-4H3,(H,26,30,31);2-4,13,16,21H,7-12H2,1H3,(H,22,25,26);2-4,9H,5-6H2,1H3,(H,15,18,19);1,10H,6-9H2,2-4H3;2*1H;1H3;/q;;;;;;;+2/p-2. The fraction of sp³-hybridized carbons (Fsp3) is 0.500. The summed E-state index contributed by atoms with van der Waals surface area (Å²) in [7, 11) is 5.03. The Kier molecular flexibility index (Phi) is 28.3. The first-order valence-corrected chi connectivity index (χ1v) is 47.7. The number of nitrogens with one attached hydrogen (secondary N) is 4. The van der Waals surface area contributed by atoms with Gasteiger partial charge in [0.1, 0.15) is 29.3 Å². The van der Waals surface area contributed by atoms with E-state index in [1.54, 1.807) is 47.6 Å². The van der Waals surface area contributed by atoms with E-state index >= 15 is 0 Å². The molecule has 4 unspecified atom stereocenters. The number of terminal acetylenes is 1. The molecule has 6 aliphatic rings. The molecule has 6 fully saturated rings. The first kappa shape index (κ1) is 79.9. The van der Waals surface area contributed by atoms with Crippen LogP contribution in [0.25, 0.3) is 33.1 Å². The molecule has 3 aromatic carbocycles. The number of hydrogen-bond acceptors (Lipinski definition) is 14. The van der Waals surface area contributed by atoms with Gasteiger partial charge in [-0.25, -0.2) is 24.0 Å². The van der Waals surface area contributed by atoms with Crippen LogP contribution in [0.2, 0.25) is 0 Å². The zero-order valence-corrected chi connectivity index (χ0v) is 67.0. The molecule has 100 heavy (non-hydrogen) atoms. The number of rotatable bonds is 3. The number of likely N-dealkylation sites (tertiary alicyclic amines) is 2. The molecule has 6 aliphatic heterocycles. The van der Waals surface area contributed by atoms with E-state index in [0.29, 0.717) is 78.5 Å². The predicted molar refractivity (Wildman–Crippen MR) is 392 cm³/mol. The Balaban J connectivity index is 0.000000191. The van der Waals surface area contributed by atoms with E-state index in [4.69, 9.17) is 15.9 Å². The first-order chi connectivity index (χ1) is 46.9. The van der Waals surface area contributed by atoms with E-state index in [-0.39, 0.29) is 102 Å². The van der Waals surface area contributed by atoms with Gasteiger partial charge in [-0.05, 0) is 165 Å². The van der Waals surface area contributed by atoms with E-state index < -0.39 is 47.0 Å². The summed E-state index contributed by atoms with van der Waals surface area (Å²) in [6, 6.07) is 14.5. The van der Waals surface area contributed by atoms with Crippen molar-refractivity contribution in [2.45, 2.75) is 148 Å². The van der Waals surface area contributed by atoms with Gasteiger partial charge in [0, 0.05) is 88.8 Å². The summed E-state index contributed by atoms with van der Waals surface area (Å²) < 4.78 is 20.5. The molecule has 30 heteroatoms. The normalized spacial score (nSPS) is 19.1. The molecule has 25 nitrogen and oxygen atoms in total. The summed E-state index contributed by atoms with van der Waals surface area (Å²) in [5.74, 6) is 14.5. The number of fused-ring (bicyclic) bond motifs is 3. The van der Waals surface area contributed by atoms with Crippen molar-refractivity contribution >= 4 is 134 Å². The number of para-hydroxylation sites is 3. The molecule has 0 saturated carbocycles. The van der Waals surface area contributed by atoms with Crippen LogP contribution in [0.5, 0.6) is 0 Å². The second-order valence-electron chi connectivity index (χ2n) is 26.8. The summed E-state index contributed by atoms with van der Waals surface area (Å²) in [5.41, 5.74) is 3.82. The van der Waals surface area contributed by atoms with Crippen LogP contribution in [0.4, 0.5) is 9.59 Å². The Bertz CT molecular complexity index is 4450. The molecule has 9 heterocycles. The van der Waals surface area contributed by atoms with Crippen LogP contribution in [0, 0.1) is 53.8 Å². The topological polar surface area (TPSA) is 290 Å². The zero-order valence-electron chi connectivity index (χ0n) is 57.9. The number of amides is 8. The Morgan fingerprint density at radius 2 is 0.820 bits per heavy atom. The number of ether oxygens (including phenoxy) is 2. The molecule has 0 aliphatic carbocycles. The maximum absolute atomic E-state index is 13.0. The van der Waals surface area contributed by atoms with Gasteiger partial charge in [0.15, 0.2) is 0 Å². The average Bonchev–Trinajstić information content (AvgIpc) is 1.62. The Morgan fingerprint density at radius 3 is 1.16 bits per heavy atom. The number of benzene rings is 3. The summed E-state index contributed by atoms with van der Waals surface area (Å²) in [4.78, 5) is 137. The molecule has 8 amide bonds. The van der Waals surface area contributed by atoms with Crippen molar-refractivity contribution in [2.24, 2.45) is 38.9 Å². The molecule has 6 aromatic rings. The molecule has 4 N–H and O–H groups in total. The van der Waals surface area contributed by atoms with Crippen LogP contribution in [-0.4, -0.2) is 135 Å². The van der Waals surface area contributed by atoms with Crippen molar-refractivity contribution in [3.8, 4) is 36.0 Å². The van der Waals surface area contributed by atoms with E-state index in [9.17, 15) is 52.7 Å². The van der Waals surface area contributed by atoms with Gasteiger partial charge < -0.3 is 24.6 Å². The number of aryl methyl sites for hydroxylation is 3. The van der Waals surface area contributed by atoms with Crippen LogP contribution in [0.3, 0.4) is 0 Å². The molecule has 0 radical (unpaired) electrons. The van der Waals surface area contributed by atoms with Gasteiger partial charge >= 0.3 is 69.7 Å². The summed E-state index contributed by atoms with van der Waals surface area (Å²) >= 11 is 9.67. The van der Waals surface area contributed by atoms with Gasteiger partial charge in [-0.15, -0.1) is 12.3 Å². The minimum absolute atomic E-state index is 0. The molecule has 3 aromatic heterocycles. The molecule has 0 spiro atoms. The number of aromatic nitrogens is 6. The summed E-state index contributed by atoms with van der Waals surface area (Å²) in [6.07, 6.45) is 11.8. The third-order valence-corrected chi connectivity index (χ3v) is 18.2. The third-order valence-electron chi connectivity index (χ3n) is 17.5. The summed E-state index contributed by atoms with van der Waals surface area (Å²) in [5, 5.41) is 10.3. The predicted octanol–water partition coefficient (Wildman–Crippen LogP) is 8.08. The summed E-state index contributed by atoms with van der Waals surface area (Å²) in [6.45, 7) is 15.7. The SMILES string of the molecule is C#CC1CCN(C(=O)OC(C)(C)C)CC1.Cn1c(=O)n(C2CCC(=O)NC2=O)c2cccc(Br)c21.Cn1c(=O)n(C2CCC(=O)NC2=O)c2cccc(C#CC3CCN(C(=O)OC(C)(C)C)CC3)c21.Cn1c(=O)n(C2CCC(=O)NC2=O)c2cccc(C#CC3CCNCC3)c21.P.[Br][Zn][Br]. The van der Waals surface area contributed by atoms with Crippen molar-refractivity contribution in [3.05, 3.63) is 102 Å². The van der Waals surface area contributed by atoms with Crippen molar-refractivity contribution in [3.63, 3.8) is 0 Å². The van der Waals surface area contributed by atoms with E-state index in [1.165, 1.54) is 22.8 Å². The van der Waals surface area contributed by atoms with Crippen molar-refractivity contribution in [2.75, 3.05) is 39.3 Å². The average molecular weight is 1640 g/mol. The van der Waals surface area contributed by atoms with Crippen LogP contribution in [-0.2, 0) is 72.6 Å². The number of carbonyl (C=O) groups is 8. The Morgan fingerprint density at radius 1 is 0.500 bits per heavy atom. The van der Waals surface area contributed by atoms with E-state index in [2.05, 4.69) is 94.0 Å². The van der Waals surface area contributed by atoms with Crippen molar-refractivity contribution in [1.82, 2.24) is 58.5 Å². The minimum atomic E-state index is -0.728. The second kappa shape index (κ2) is 35.4. The number of piperidine rings is 6. The number of imide groups is 3. The Hall–Kier alpha value is -7.44. The van der Waals surface area contributed by atoms with Crippen LogP contribution < -0.4 is 38.3 Å². The van der Waals surface area contributed by atoms with Crippen LogP contribution >= 0.6 is 53.1 Å². The first-order valence-electron chi connectivity index (χ1n) is 33.0. The van der Waals surface area contributed by atoms with Gasteiger partial charge in [-0.1, -0.05) is 41.9 Å². The van der Waals surface area contributed by atoms with Gasteiger partial charge in [0.05, 0.1) is 44.2 Å². The number of nitrogens with zero attached hydrogens (tertiary/aromatic N) is 8. The monoisotopic (exact) mass is 1630 g/mol. The van der Waals surface area contributed by atoms with Crippen LogP contribution in [0.15, 0.2) is 73.5 Å². The maximum atomic E-state index is 13.0. The van der Waals surface area contributed by atoms with Gasteiger partial charge in [0.25, 0.3) is 0 Å². The molecule has 12 rings (SSSR count). The molecule has 532 valence electrons. The Labute approximate surface area is 612 Å². The van der Waals surface area contributed by atoms with E-state index in [0.717, 1.165) is 72.7 Å². The fourth-order valence-corrected chi connectivity index (χ4v) is 13.2. The molecule has 0 bridgehead atoms. The number of halogens is 3. The number of carbonyl (C=O) groups excluding carboxylic acids is 8. The molecular weight excluding hydrogens is 1550 g/mol. The van der Waals surface area contributed by atoms with Gasteiger partial charge in [0.2, 0.25) is 35.4 Å². The van der Waals surface area contributed by atoms with Crippen molar-refractivity contribution < 1.29 is 61.0 Å². The van der Waals surface area contributed by atoms with Gasteiger partial charge in [-0.3, -0.25) is 72.1 Å². The van der Waals surface area contributed by atoms with Crippen molar-refractivity contribution in [1.29, 1.82) is 0 Å². The molecular formula is C70H86Br3N12O13PZn. The molecule has 6 saturated heterocycles. The number of hydrogen-bond donors (Lipinski definition) is 4. The van der Waals surface area contributed by atoms with E-state index in [1.807, 2.05) is 84.0 Å². The molecule has 4 atom stereocenters. The number of imidazole rings is 3.